The quantitative estimate of drug-likeness (QED) is 0.905. The van der Waals surface area contributed by atoms with Crippen LogP contribution in [-0.4, -0.2) is 17.3 Å². The Morgan fingerprint density at radius 2 is 1.52 bits per heavy atom. The van der Waals surface area contributed by atoms with Gasteiger partial charge < -0.3 is 10.8 Å². The number of fused-ring (bicyclic) bond motifs is 1. The van der Waals surface area contributed by atoms with Crippen molar-refractivity contribution in [1.82, 2.24) is 0 Å². The first-order valence-electron chi connectivity index (χ1n) is 7.59. The second-order valence-electron chi connectivity index (χ2n) is 6.54. The molecule has 0 fully saturated rings. The summed E-state index contributed by atoms with van der Waals surface area (Å²) >= 11 is 0. The molecule has 0 aromatic heterocycles. The molecule has 21 heavy (non-hydrogen) atoms. The number of hydrogen-bond acceptors (Lipinski definition) is 2. The smallest absolute Gasteiger partial charge is 0.0734 e. The normalized spacial score (nSPS) is 19.0. The van der Waals surface area contributed by atoms with Gasteiger partial charge in [-0.05, 0) is 36.5 Å². The van der Waals surface area contributed by atoms with Crippen molar-refractivity contribution < 1.29 is 5.11 Å². The van der Waals surface area contributed by atoms with Crippen molar-refractivity contribution in [3.8, 4) is 0 Å². The minimum Gasteiger partial charge on any atom is -0.389 e. The highest BCUT2D eigenvalue weighted by atomic mass is 16.3. The molecule has 110 valence electrons. The number of rotatable bonds is 4. The molecule has 0 spiro atoms. The average molecular weight is 281 g/mol. The van der Waals surface area contributed by atoms with Crippen LogP contribution >= 0.6 is 0 Å². The summed E-state index contributed by atoms with van der Waals surface area (Å²) in [6.45, 7) is 2.44. The SMILES string of the molecule is CC(O)(Cc1ccccc1)C1(CN)Cc2ccccc2C1. The van der Waals surface area contributed by atoms with Crippen molar-refractivity contribution in [1.29, 1.82) is 0 Å². The van der Waals surface area contributed by atoms with Gasteiger partial charge in [-0.2, -0.15) is 0 Å². The summed E-state index contributed by atoms with van der Waals surface area (Å²) in [7, 11) is 0. The lowest BCUT2D eigenvalue weighted by molar-refractivity contribution is -0.0607. The van der Waals surface area contributed by atoms with Gasteiger partial charge in [-0.25, -0.2) is 0 Å². The van der Waals surface area contributed by atoms with Crippen molar-refractivity contribution in [3.63, 3.8) is 0 Å². The molecule has 0 aliphatic heterocycles. The van der Waals surface area contributed by atoms with E-state index < -0.39 is 5.60 Å². The van der Waals surface area contributed by atoms with E-state index in [1.54, 1.807) is 0 Å². The highest BCUT2D eigenvalue weighted by Gasteiger charge is 2.49. The molecule has 0 bridgehead atoms. The Labute approximate surface area is 126 Å². The van der Waals surface area contributed by atoms with Crippen molar-refractivity contribution >= 4 is 0 Å². The van der Waals surface area contributed by atoms with Crippen LogP contribution in [0.3, 0.4) is 0 Å². The van der Waals surface area contributed by atoms with E-state index in [4.69, 9.17) is 5.73 Å². The average Bonchev–Trinajstić information content (AvgIpc) is 2.88. The first kappa shape index (κ1) is 14.3. The zero-order valence-electron chi connectivity index (χ0n) is 12.5. The minimum atomic E-state index is -0.817. The molecule has 1 aliphatic carbocycles. The van der Waals surface area contributed by atoms with Crippen molar-refractivity contribution in [2.75, 3.05) is 6.54 Å². The zero-order valence-corrected chi connectivity index (χ0v) is 12.5. The van der Waals surface area contributed by atoms with Crippen LogP contribution < -0.4 is 5.73 Å². The highest BCUT2D eigenvalue weighted by molar-refractivity contribution is 5.36. The van der Waals surface area contributed by atoms with Crippen LogP contribution in [0.5, 0.6) is 0 Å². The minimum absolute atomic E-state index is 0.271. The van der Waals surface area contributed by atoms with Crippen LogP contribution in [0.1, 0.15) is 23.6 Å². The second-order valence-corrected chi connectivity index (χ2v) is 6.54. The Morgan fingerprint density at radius 1 is 1.00 bits per heavy atom. The molecule has 2 aromatic carbocycles. The largest absolute Gasteiger partial charge is 0.389 e. The van der Waals surface area contributed by atoms with Crippen LogP contribution in [0.25, 0.3) is 0 Å². The van der Waals surface area contributed by atoms with Crippen LogP contribution in [-0.2, 0) is 19.3 Å². The summed E-state index contributed by atoms with van der Waals surface area (Å²) in [6, 6.07) is 18.6. The highest BCUT2D eigenvalue weighted by Crippen LogP contribution is 2.45. The van der Waals surface area contributed by atoms with Gasteiger partial charge in [0.25, 0.3) is 0 Å². The Balaban J connectivity index is 1.90. The lowest BCUT2D eigenvalue weighted by Crippen LogP contribution is -2.53. The lowest BCUT2D eigenvalue weighted by Gasteiger charge is -2.42. The van der Waals surface area contributed by atoms with Crippen molar-refractivity contribution in [3.05, 3.63) is 71.3 Å². The maximum absolute atomic E-state index is 11.2. The van der Waals surface area contributed by atoms with Crippen LogP contribution in [0.15, 0.2) is 54.6 Å². The third kappa shape index (κ3) is 2.50. The molecular weight excluding hydrogens is 258 g/mol. The maximum Gasteiger partial charge on any atom is 0.0734 e. The number of benzene rings is 2. The fourth-order valence-corrected chi connectivity index (χ4v) is 3.62. The van der Waals surface area contributed by atoms with E-state index in [2.05, 4.69) is 36.4 Å². The van der Waals surface area contributed by atoms with Gasteiger partial charge in [-0.3, -0.25) is 0 Å². The molecule has 2 aromatic rings. The molecule has 1 atom stereocenters. The number of nitrogens with two attached hydrogens (primary N) is 1. The standard InChI is InChI=1S/C19H23NO/c1-18(21,11-15-7-3-2-4-8-15)19(14-20)12-16-9-5-6-10-17(16)13-19/h2-10,21H,11-14,20H2,1H3. The first-order valence-corrected chi connectivity index (χ1v) is 7.59. The molecule has 2 heteroatoms. The van der Waals surface area contributed by atoms with Gasteiger partial charge in [0.2, 0.25) is 0 Å². The summed E-state index contributed by atoms with van der Waals surface area (Å²) < 4.78 is 0. The molecule has 0 radical (unpaired) electrons. The summed E-state index contributed by atoms with van der Waals surface area (Å²) in [6.07, 6.45) is 2.36. The van der Waals surface area contributed by atoms with Gasteiger partial charge in [0, 0.05) is 18.4 Å². The third-order valence-electron chi connectivity index (χ3n) is 5.10. The van der Waals surface area contributed by atoms with Gasteiger partial charge >= 0.3 is 0 Å². The molecule has 0 saturated heterocycles. The van der Waals surface area contributed by atoms with Crippen molar-refractivity contribution in [2.24, 2.45) is 11.1 Å². The molecule has 0 heterocycles. The van der Waals surface area contributed by atoms with E-state index >= 15 is 0 Å². The monoisotopic (exact) mass is 281 g/mol. The summed E-state index contributed by atoms with van der Waals surface area (Å²) in [5, 5.41) is 11.2. The fraction of sp³-hybridized carbons (Fsp3) is 0.368. The molecular formula is C19H23NO. The van der Waals surface area contributed by atoms with E-state index in [1.165, 1.54) is 11.1 Å². The molecule has 3 rings (SSSR count). The Kier molecular flexibility index (Phi) is 3.60. The Morgan fingerprint density at radius 3 is 2.05 bits per heavy atom. The molecule has 2 nitrogen and oxygen atoms in total. The molecule has 0 saturated carbocycles. The van der Waals surface area contributed by atoms with E-state index in [0.29, 0.717) is 13.0 Å². The third-order valence-corrected chi connectivity index (χ3v) is 5.10. The van der Waals surface area contributed by atoms with E-state index in [0.717, 1.165) is 18.4 Å². The molecule has 1 unspecified atom stereocenters. The van der Waals surface area contributed by atoms with Gasteiger partial charge in [0.15, 0.2) is 0 Å². The first-order chi connectivity index (χ1) is 10.1. The van der Waals surface area contributed by atoms with E-state index in [-0.39, 0.29) is 5.41 Å². The topological polar surface area (TPSA) is 46.2 Å². The summed E-state index contributed by atoms with van der Waals surface area (Å²) in [4.78, 5) is 0. The Hall–Kier alpha value is -1.64. The van der Waals surface area contributed by atoms with Gasteiger partial charge in [-0.1, -0.05) is 54.6 Å². The molecule has 0 amide bonds. The Bertz CT molecular complexity index is 593. The number of hydrogen-bond donors (Lipinski definition) is 2. The van der Waals surface area contributed by atoms with Gasteiger partial charge in [-0.15, -0.1) is 0 Å². The van der Waals surface area contributed by atoms with E-state index in [1.807, 2.05) is 25.1 Å². The second kappa shape index (κ2) is 5.28. The summed E-state index contributed by atoms with van der Waals surface area (Å²) in [5.74, 6) is 0. The van der Waals surface area contributed by atoms with Crippen molar-refractivity contribution in [2.45, 2.75) is 31.8 Å². The predicted molar refractivity (Wildman–Crippen MR) is 86.1 cm³/mol. The maximum atomic E-state index is 11.2. The molecule has 3 N–H and O–H groups in total. The van der Waals surface area contributed by atoms with Crippen LogP contribution in [0.2, 0.25) is 0 Å². The fourth-order valence-electron chi connectivity index (χ4n) is 3.62. The number of aliphatic hydroxyl groups is 1. The van der Waals surface area contributed by atoms with Gasteiger partial charge in [0.1, 0.15) is 0 Å². The predicted octanol–water partition coefficient (Wildman–Crippen LogP) is 2.72. The van der Waals surface area contributed by atoms with E-state index in [9.17, 15) is 5.11 Å². The zero-order chi connectivity index (χ0) is 14.9. The lowest BCUT2D eigenvalue weighted by atomic mass is 9.68. The molecule has 1 aliphatic rings. The van der Waals surface area contributed by atoms with Crippen LogP contribution in [0.4, 0.5) is 0 Å². The summed E-state index contributed by atoms with van der Waals surface area (Å²) in [5.41, 5.74) is 8.86. The van der Waals surface area contributed by atoms with Crippen LogP contribution in [0, 0.1) is 5.41 Å². The van der Waals surface area contributed by atoms with Gasteiger partial charge in [0.05, 0.1) is 5.60 Å².